The zero-order chi connectivity index (χ0) is 14.7. The van der Waals surface area contributed by atoms with Crippen molar-refractivity contribution >= 4 is 11.9 Å². The number of allylic oxidation sites excluding steroid dienone is 7. The van der Waals surface area contributed by atoms with Crippen LogP contribution in [0.25, 0.3) is 0 Å². The first-order chi connectivity index (χ1) is 9.04. The Morgan fingerprint density at radius 1 is 1.05 bits per heavy atom. The molecule has 0 rings (SSSR count). The van der Waals surface area contributed by atoms with E-state index in [-0.39, 0.29) is 5.57 Å². The minimum absolute atomic E-state index is 0.197. The molecule has 0 aliphatic carbocycles. The molecular formula is C14H17NO4. The molecule has 0 amide bonds. The largest absolute Gasteiger partial charge is 0.477 e. The number of esters is 1. The molecule has 0 saturated carbocycles. The van der Waals surface area contributed by atoms with Crippen molar-refractivity contribution in [3.63, 3.8) is 0 Å². The van der Waals surface area contributed by atoms with E-state index in [2.05, 4.69) is 4.74 Å². The number of aliphatic carboxylic acids is 1. The zero-order valence-corrected chi connectivity index (χ0v) is 10.9. The van der Waals surface area contributed by atoms with Crippen LogP contribution < -0.4 is 5.73 Å². The molecular weight excluding hydrogens is 246 g/mol. The Labute approximate surface area is 112 Å². The highest BCUT2D eigenvalue weighted by Gasteiger charge is 2.15. The molecule has 0 aliphatic heterocycles. The molecule has 0 unspecified atom stereocenters. The van der Waals surface area contributed by atoms with Crippen molar-refractivity contribution in [1.82, 2.24) is 0 Å². The van der Waals surface area contributed by atoms with Crippen molar-refractivity contribution in [3.8, 4) is 0 Å². The Kier molecular flexibility index (Phi) is 8.19. The Balaban J connectivity index is 4.91. The standard InChI is InChI=1S/C14H17NO4/c1-3-4-5-6-7-8-9-10-11(14(18)19-2)12(15)13(16)17/h3-10H,15H2,1-2H3,(H,16,17). The van der Waals surface area contributed by atoms with Gasteiger partial charge in [0.2, 0.25) is 0 Å². The fraction of sp³-hybridized carbons (Fsp3) is 0.143. The van der Waals surface area contributed by atoms with Gasteiger partial charge >= 0.3 is 11.9 Å². The lowest BCUT2D eigenvalue weighted by Crippen LogP contribution is -2.17. The van der Waals surface area contributed by atoms with Gasteiger partial charge in [-0.15, -0.1) is 0 Å². The van der Waals surface area contributed by atoms with Gasteiger partial charge in [0.1, 0.15) is 5.70 Å². The lowest BCUT2D eigenvalue weighted by Gasteiger charge is -2.01. The van der Waals surface area contributed by atoms with Crippen LogP contribution in [0.3, 0.4) is 0 Å². The summed E-state index contributed by atoms with van der Waals surface area (Å²) in [5.41, 5.74) is 4.55. The van der Waals surface area contributed by atoms with Crippen molar-refractivity contribution in [2.24, 2.45) is 5.73 Å². The van der Waals surface area contributed by atoms with Gasteiger partial charge in [0.25, 0.3) is 0 Å². The van der Waals surface area contributed by atoms with Gasteiger partial charge in [-0.1, -0.05) is 42.5 Å². The van der Waals surface area contributed by atoms with Crippen LogP contribution in [0, 0.1) is 0 Å². The Morgan fingerprint density at radius 3 is 2.05 bits per heavy atom. The first-order valence-electron chi connectivity index (χ1n) is 5.48. The summed E-state index contributed by atoms with van der Waals surface area (Å²) in [7, 11) is 1.15. The summed E-state index contributed by atoms with van der Waals surface area (Å²) in [6, 6.07) is 0. The lowest BCUT2D eigenvalue weighted by atomic mass is 10.2. The molecule has 0 radical (unpaired) electrons. The van der Waals surface area contributed by atoms with Crippen LogP contribution in [0.4, 0.5) is 0 Å². The van der Waals surface area contributed by atoms with Crippen LogP contribution in [0.5, 0.6) is 0 Å². The minimum Gasteiger partial charge on any atom is -0.477 e. The molecule has 0 spiro atoms. The topological polar surface area (TPSA) is 89.6 Å². The average molecular weight is 263 g/mol. The van der Waals surface area contributed by atoms with Gasteiger partial charge in [0, 0.05) is 0 Å². The molecule has 0 aliphatic rings. The highest BCUT2D eigenvalue weighted by molar-refractivity contribution is 6.01. The van der Waals surface area contributed by atoms with E-state index in [1.165, 1.54) is 12.2 Å². The second kappa shape index (κ2) is 9.47. The maximum atomic E-state index is 11.3. The van der Waals surface area contributed by atoms with E-state index in [1.54, 1.807) is 18.2 Å². The molecule has 5 heteroatoms. The van der Waals surface area contributed by atoms with E-state index in [9.17, 15) is 9.59 Å². The molecule has 0 aromatic carbocycles. The summed E-state index contributed by atoms with van der Waals surface area (Å²) in [4.78, 5) is 22.0. The van der Waals surface area contributed by atoms with Gasteiger partial charge in [0.05, 0.1) is 12.7 Å². The molecule has 0 atom stereocenters. The molecule has 0 saturated heterocycles. The Hall–Kier alpha value is -2.56. The number of rotatable bonds is 6. The maximum Gasteiger partial charge on any atom is 0.352 e. The monoisotopic (exact) mass is 263 g/mol. The molecule has 0 aromatic rings. The number of ether oxygens (including phenoxy) is 1. The van der Waals surface area contributed by atoms with Crippen LogP contribution in [-0.2, 0) is 14.3 Å². The summed E-state index contributed by atoms with van der Waals surface area (Å²) in [5, 5.41) is 8.74. The molecule has 0 heterocycles. The number of nitrogens with two attached hydrogens (primary N) is 1. The number of carboxylic acids is 1. The van der Waals surface area contributed by atoms with E-state index >= 15 is 0 Å². The van der Waals surface area contributed by atoms with Gasteiger partial charge in [-0.25, -0.2) is 9.59 Å². The number of hydrogen-bond donors (Lipinski definition) is 2. The van der Waals surface area contributed by atoms with Crippen molar-refractivity contribution in [1.29, 1.82) is 0 Å². The van der Waals surface area contributed by atoms with Crippen LogP contribution >= 0.6 is 0 Å². The SMILES string of the molecule is CC=CC=CC=CC=CC(C(=O)OC)=C(N)C(=O)O. The van der Waals surface area contributed by atoms with Gasteiger partial charge in [-0.2, -0.15) is 0 Å². The molecule has 102 valence electrons. The Morgan fingerprint density at radius 2 is 1.58 bits per heavy atom. The third kappa shape index (κ3) is 6.68. The fourth-order valence-electron chi connectivity index (χ4n) is 1.01. The minimum atomic E-state index is -1.37. The first kappa shape index (κ1) is 16.4. The zero-order valence-electron chi connectivity index (χ0n) is 10.9. The molecule has 3 N–H and O–H groups in total. The van der Waals surface area contributed by atoms with Crippen molar-refractivity contribution in [2.75, 3.05) is 7.11 Å². The van der Waals surface area contributed by atoms with Crippen molar-refractivity contribution in [2.45, 2.75) is 6.92 Å². The molecule has 0 aromatic heterocycles. The van der Waals surface area contributed by atoms with Gasteiger partial charge in [0.15, 0.2) is 0 Å². The molecule has 5 nitrogen and oxygen atoms in total. The summed E-state index contributed by atoms with van der Waals surface area (Å²) in [6.45, 7) is 1.90. The number of hydrogen-bond acceptors (Lipinski definition) is 4. The number of carbonyl (C=O) groups excluding carboxylic acids is 1. The quantitative estimate of drug-likeness (QED) is 0.432. The van der Waals surface area contributed by atoms with Crippen LogP contribution in [-0.4, -0.2) is 24.2 Å². The van der Waals surface area contributed by atoms with Crippen molar-refractivity contribution in [3.05, 3.63) is 59.9 Å². The summed E-state index contributed by atoms with van der Waals surface area (Å²) < 4.78 is 4.46. The second-order valence-corrected chi connectivity index (χ2v) is 3.28. The molecule has 0 fully saturated rings. The van der Waals surface area contributed by atoms with Gasteiger partial charge in [-0.3, -0.25) is 0 Å². The molecule has 19 heavy (non-hydrogen) atoms. The summed E-state index contributed by atoms with van der Waals surface area (Å²) >= 11 is 0. The lowest BCUT2D eigenvalue weighted by molar-refractivity contribution is -0.137. The number of carbonyl (C=O) groups is 2. The van der Waals surface area contributed by atoms with Gasteiger partial charge in [-0.05, 0) is 13.0 Å². The number of carboxylic acid groups (broad SMARTS) is 1. The maximum absolute atomic E-state index is 11.3. The normalized spacial score (nSPS) is 13.6. The second-order valence-electron chi connectivity index (χ2n) is 3.28. The van der Waals surface area contributed by atoms with E-state index in [0.29, 0.717) is 0 Å². The smallest absolute Gasteiger partial charge is 0.352 e. The predicted molar refractivity (Wildman–Crippen MR) is 73.1 cm³/mol. The van der Waals surface area contributed by atoms with Crippen LogP contribution in [0.2, 0.25) is 0 Å². The Bertz CT molecular complexity index is 468. The highest BCUT2D eigenvalue weighted by atomic mass is 16.5. The predicted octanol–water partition coefficient (Wildman–Crippen LogP) is 1.70. The van der Waals surface area contributed by atoms with Crippen LogP contribution in [0.1, 0.15) is 6.92 Å². The fourth-order valence-corrected chi connectivity index (χ4v) is 1.01. The van der Waals surface area contributed by atoms with Gasteiger partial charge < -0.3 is 15.6 Å². The van der Waals surface area contributed by atoms with E-state index < -0.39 is 17.6 Å². The van der Waals surface area contributed by atoms with E-state index in [1.807, 2.05) is 25.2 Å². The summed E-state index contributed by atoms with van der Waals surface area (Å²) in [6.07, 6.45) is 13.5. The third-order valence-electron chi connectivity index (χ3n) is 1.94. The molecule has 0 bridgehead atoms. The average Bonchev–Trinajstić information content (AvgIpc) is 2.40. The van der Waals surface area contributed by atoms with Crippen LogP contribution in [0.15, 0.2) is 59.9 Å². The highest BCUT2D eigenvalue weighted by Crippen LogP contribution is 2.04. The van der Waals surface area contributed by atoms with Crippen molar-refractivity contribution < 1.29 is 19.4 Å². The summed E-state index contributed by atoms with van der Waals surface area (Å²) in [5.74, 6) is -2.17. The third-order valence-corrected chi connectivity index (χ3v) is 1.94. The van der Waals surface area contributed by atoms with E-state index in [4.69, 9.17) is 10.8 Å². The van der Waals surface area contributed by atoms with E-state index in [0.717, 1.165) is 7.11 Å². The first-order valence-corrected chi connectivity index (χ1v) is 5.48. The number of methoxy groups -OCH3 is 1.